The molecule has 1 aromatic heterocycles. The minimum absolute atomic E-state index is 0.299. The maximum absolute atomic E-state index is 13.2. The minimum atomic E-state index is -0.685. The first-order valence-electron chi connectivity index (χ1n) is 10.3. The number of hydrogen-bond donors (Lipinski definition) is 2. The van der Waals surface area contributed by atoms with E-state index in [1.165, 1.54) is 7.11 Å². The van der Waals surface area contributed by atoms with Crippen LogP contribution in [0.4, 0.5) is 5.69 Å². The third kappa shape index (κ3) is 6.34. The van der Waals surface area contributed by atoms with Gasteiger partial charge in [0.15, 0.2) is 0 Å². The number of pyridine rings is 1. The fraction of sp³-hybridized carbons (Fsp3) is 0.240. The van der Waals surface area contributed by atoms with Crippen LogP contribution < -0.4 is 10.6 Å². The molecule has 0 unspecified atom stereocenters. The van der Waals surface area contributed by atoms with E-state index < -0.39 is 12.0 Å². The van der Waals surface area contributed by atoms with Crippen molar-refractivity contribution in [2.45, 2.75) is 19.0 Å². The number of esters is 1. The van der Waals surface area contributed by atoms with Gasteiger partial charge in [0, 0.05) is 24.5 Å². The number of nitrogens with one attached hydrogen (secondary N) is 2. The highest BCUT2D eigenvalue weighted by Crippen LogP contribution is 2.26. The lowest BCUT2D eigenvalue weighted by atomic mass is 9.96. The lowest BCUT2D eigenvalue weighted by Crippen LogP contribution is -2.42. The molecule has 6 nitrogen and oxygen atoms in total. The van der Waals surface area contributed by atoms with Gasteiger partial charge in [-0.3, -0.25) is 9.78 Å². The molecule has 0 fully saturated rings. The molecule has 0 spiro atoms. The number of ether oxygens (including phenoxy) is 1. The van der Waals surface area contributed by atoms with Crippen molar-refractivity contribution in [3.8, 4) is 11.1 Å². The maximum atomic E-state index is 13.2. The van der Waals surface area contributed by atoms with E-state index in [0.29, 0.717) is 18.5 Å². The standard InChI is InChI=1S/C25H27N3O3S/c1-31-25(30)23(12-14-32-2)28-24(29)21-11-10-18(16-27-20-9-6-13-26-17-20)15-22(21)19-7-4-3-5-8-19/h3-11,13,15,17,23,27H,12,14,16H2,1-2H3,(H,28,29)/t23-/m0/s1. The monoisotopic (exact) mass is 449 g/mol. The van der Waals surface area contributed by atoms with Gasteiger partial charge in [-0.2, -0.15) is 11.8 Å². The van der Waals surface area contributed by atoms with Crippen molar-refractivity contribution in [1.82, 2.24) is 10.3 Å². The van der Waals surface area contributed by atoms with E-state index in [1.807, 2.05) is 60.9 Å². The lowest BCUT2D eigenvalue weighted by molar-refractivity contribution is -0.142. The first-order chi connectivity index (χ1) is 15.6. The topological polar surface area (TPSA) is 80.3 Å². The Morgan fingerprint density at radius 3 is 2.59 bits per heavy atom. The first-order valence-corrected chi connectivity index (χ1v) is 11.7. The van der Waals surface area contributed by atoms with Gasteiger partial charge in [-0.25, -0.2) is 4.79 Å². The predicted octanol–water partition coefficient (Wildman–Crippen LogP) is 4.39. The smallest absolute Gasteiger partial charge is 0.328 e. The number of hydrogen-bond acceptors (Lipinski definition) is 6. The molecule has 3 rings (SSSR count). The third-order valence-corrected chi connectivity index (χ3v) is 5.62. The first kappa shape index (κ1) is 23.3. The molecule has 0 bridgehead atoms. The van der Waals surface area contributed by atoms with Crippen molar-refractivity contribution in [3.05, 3.63) is 84.2 Å². The van der Waals surface area contributed by atoms with Crippen LogP contribution in [0.1, 0.15) is 22.3 Å². The Labute approximate surface area is 192 Å². The summed E-state index contributed by atoms with van der Waals surface area (Å²) in [6, 6.07) is 18.6. The van der Waals surface area contributed by atoms with Crippen molar-refractivity contribution in [2.24, 2.45) is 0 Å². The van der Waals surface area contributed by atoms with Gasteiger partial charge >= 0.3 is 5.97 Å². The summed E-state index contributed by atoms with van der Waals surface area (Å²) in [6.45, 7) is 0.589. The normalized spacial score (nSPS) is 11.4. The van der Waals surface area contributed by atoms with Crippen molar-refractivity contribution >= 4 is 29.3 Å². The highest BCUT2D eigenvalue weighted by atomic mass is 32.2. The van der Waals surface area contributed by atoms with Crippen LogP contribution in [-0.2, 0) is 16.1 Å². The molecular weight excluding hydrogens is 422 g/mol. The molecule has 0 aliphatic rings. The zero-order chi connectivity index (χ0) is 22.8. The summed E-state index contributed by atoms with van der Waals surface area (Å²) in [5.74, 6) is 0.00272. The van der Waals surface area contributed by atoms with Crippen molar-refractivity contribution in [2.75, 3.05) is 24.4 Å². The Bertz CT molecular complexity index is 1030. The van der Waals surface area contributed by atoms with E-state index in [4.69, 9.17) is 4.74 Å². The molecule has 2 aromatic carbocycles. The second-order valence-electron chi connectivity index (χ2n) is 7.17. The number of thioether (sulfide) groups is 1. The van der Waals surface area contributed by atoms with Gasteiger partial charge in [0.25, 0.3) is 5.91 Å². The molecule has 0 radical (unpaired) electrons. The van der Waals surface area contributed by atoms with Crippen LogP contribution in [0.3, 0.4) is 0 Å². The zero-order valence-corrected chi connectivity index (χ0v) is 19.0. The molecule has 2 N–H and O–H groups in total. The molecule has 0 saturated heterocycles. The van der Waals surface area contributed by atoms with Crippen LogP contribution in [0.25, 0.3) is 11.1 Å². The number of aromatic nitrogens is 1. The number of nitrogens with zero attached hydrogens (tertiary/aromatic N) is 1. The van der Waals surface area contributed by atoms with Crippen molar-refractivity contribution in [3.63, 3.8) is 0 Å². The predicted molar refractivity (Wildman–Crippen MR) is 130 cm³/mol. The van der Waals surface area contributed by atoms with Gasteiger partial charge in [-0.1, -0.05) is 36.4 Å². The summed E-state index contributed by atoms with van der Waals surface area (Å²) < 4.78 is 4.88. The van der Waals surface area contributed by atoms with E-state index in [2.05, 4.69) is 15.6 Å². The van der Waals surface area contributed by atoms with Gasteiger partial charge in [0.1, 0.15) is 6.04 Å². The molecule has 3 aromatic rings. The number of benzene rings is 2. The molecule has 0 aliphatic carbocycles. The molecule has 0 aliphatic heterocycles. The van der Waals surface area contributed by atoms with Crippen molar-refractivity contribution < 1.29 is 14.3 Å². The fourth-order valence-corrected chi connectivity index (χ4v) is 3.76. The summed E-state index contributed by atoms with van der Waals surface area (Å²) in [4.78, 5) is 29.4. The average molecular weight is 450 g/mol. The zero-order valence-electron chi connectivity index (χ0n) is 18.2. The van der Waals surface area contributed by atoms with Gasteiger partial charge in [-0.15, -0.1) is 0 Å². The van der Waals surface area contributed by atoms with E-state index >= 15 is 0 Å². The summed E-state index contributed by atoms with van der Waals surface area (Å²) in [5, 5.41) is 6.20. The van der Waals surface area contributed by atoms with E-state index in [9.17, 15) is 9.59 Å². The largest absolute Gasteiger partial charge is 0.467 e. The summed E-state index contributed by atoms with van der Waals surface area (Å²) in [7, 11) is 1.33. The van der Waals surface area contributed by atoms with Crippen molar-refractivity contribution in [1.29, 1.82) is 0 Å². The Morgan fingerprint density at radius 2 is 1.91 bits per heavy atom. The van der Waals surface area contributed by atoms with E-state index in [0.717, 1.165) is 28.1 Å². The van der Waals surface area contributed by atoms with Crippen LogP contribution in [-0.4, -0.2) is 42.0 Å². The fourth-order valence-electron chi connectivity index (χ4n) is 3.29. The second kappa shape index (κ2) is 11.9. The van der Waals surface area contributed by atoms with E-state index in [1.54, 1.807) is 30.2 Å². The number of carbonyl (C=O) groups is 2. The van der Waals surface area contributed by atoms with Gasteiger partial charge < -0.3 is 15.4 Å². The molecule has 7 heteroatoms. The SMILES string of the molecule is COC(=O)[C@H](CCSC)NC(=O)c1ccc(CNc2cccnc2)cc1-c1ccccc1. The molecule has 1 heterocycles. The summed E-state index contributed by atoms with van der Waals surface area (Å²) >= 11 is 1.62. The van der Waals surface area contributed by atoms with Gasteiger partial charge in [0.2, 0.25) is 0 Å². The molecule has 0 saturated carbocycles. The number of methoxy groups -OCH3 is 1. The molecule has 1 amide bonds. The molecular formula is C25H27N3O3S. The Morgan fingerprint density at radius 1 is 1.09 bits per heavy atom. The molecule has 166 valence electrons. The Kier molecular flexibility index (Phi) is 8.69. The third-order valence-electron chi connectivity index (χ3n) is 4.97. The minimum Gasteiger partial charge on any atom is -0.467 e. The summed E-state index contributed by atoms with van der Waals surface area (Å²) in [5.41, 5.74) is 4.20. The number of carbonyl (C=O) groups excluding carboxylic acids is 2. The van der Waals surface area contributed by atoms with Crippen LogP contribution >= 0.6 is 11.8 Å². The number of rotatable bonds is 10. The highest BCUT2D eigenvalue weighted by Gasteiger charge is 2.23. The Hall–Kier alpha value is -3.32. The highest BCUT2D eigenvalue weighted by molar-refractivity contribution is 7.98. The van der Waals surface area contributed by atoms with Crippen LogP contribution in [0.5, 0.6) is 0 Å². The average Bonchev–Trinajstić information content (AvgIpc) is 2.85. The van der Waals surface area contributed by atoms with E-state index in [-0.39, 0.29) is 5.91 Å². The number of amides is 1. The van der Waals surface area contributed by atoms with Crippen LogP contribution in [0.2, 0.25) is 0 Å². The van der Waals surface area contributed by atoms with Gasteiger partial charge in [-0.05, 0) is 59.4 Å². The van der Waals surface area contributed by atoms with Crippen LogP contribution in [0.15, 0.2) is 73.1 Å². The lowest BCUT2D eigenvalue weighted by Gasteiger charge is -2.18. The van der Waals surface area contributed by atoms with Gasteiger partial charge in [0.05, 0.1) is 12.8 Å². The molecule has 1 atom stereocenters. The molecule has 32 heavy (non-hydrogen) atoms. The second-order valence-corrected chi connectivity index (χ2v) is 8.16. The summed E-state index contributed by atoms with van der Waals surface area (Å²) in [6.07, 6.45) is 5.96. The van der Waals surface area contributed by atoms with Crippen LogP contribution in [0, 0.1) is 0 Å². The number of anilines is 1. The maximum Gasteiger partial charge on any atom is 0.328 e. The quantitative estimate of drug-likeness (QED) is 0.447. The Balaban J connectivity index is 1.86.